The summed E-state index contributed by atoms with van der Waals surface area (Å²) in [5, 5.41) is 16.0. The smallest absolute Gasteiger partial charge is 0.184 e. The first-order valence-corrected chi connectivity index (χ1v) is 11.2. The maximum absolute atomic E-state index is 11.8. The molecule has 2 aliphatic heterocycles. The van der Waals surface area contributed by atoms with E-state index in [0.717, 1.165) is 51.2 Å². The lowest BCUT2D eigenvalue weighted by molar-refractivity contribution is 0.104. The molecule has 2 aromatic rings. The third kappa shape index (κ3) is 4.32. The highest BCUT2D eigenvalue weighted by Crippen LogP contribution is 2.37. The first kappa shape index (κ1) is 18.4. The number of nitrogens with zero attached hydrogens (tertiary/aromatic N) is 1. The lowest BCUT2D eigenvalue weighted by Crippen LogP contribution is -2.53. The zero-order valence-corrected chi connectivity index (χ0v) is 16.6. The number of rotatable bonds is 3. The van der Waals surface area contributed by atoms with Crippen LogP contribution in [0, 0.1) is 0 Å². The van der Waals surface area contributed by atoms with Crippen molar-refractivity contribution in [3.63, 3.8) is 0 Å². The molecule has 0 spiro atoms. The van der Waals surface area contributed by atoms with Gasteiger partial charge in [-0.1, -0.05) is 72.4 Å². The highest BCUT2D eigenvalue weighted by Gasteiger charge is 2.40. The second kappa shape index (κ2) is 8.38. The van der Waals surface area contributed by atoms with Gasteiger partial charge in [0.05, 0.1) is 6.54 Å². The molecule has 0 amide bonds. The van der Waals surface area contributed by atoms with E-state index in [0.29, 0.717) is 0 Å². The molecular formula is C22H22N2OS2. The molecule has 2 heterocycles. The molecule has 0 aliphatic carbocycles. The molecule has 0 saturated carbocycles. The van der Waals surface area contributed by atoms with Crippen molar-refractivity contribution in [1.82, 2.24) is 5.32 Å². The third-order valence-electron chi connectivity index (χ3n) is 4.60. The monoisotopic (exact) mass is 394 g/mol. The van der Waals surface area contributed by atoms with Gasteiger partial charge >= 0.3 is 0 Å². The van der Waals surface area contributed by atoms with Gasteiger partial charge in [-0.2, -0.15) is 11.8 Å². The van der Waals surface area contributed by atoms with Crippen LogP contribution in [0.15, 0.2) is 76.8 Å². The first-order chi connectivity index (χ1) is 13.2. The Bertz CT molecular complexity index is 818. The summed E-state index contributed by atoms with van der Waals surface area (Å²) in [4.78, 5) is 4.51. The van der Waals surface area contributed by atoms with Crippen LogP contribution in [0.3, 0.4) is 0 Å². The van der Waals surface area contributed by atoms with Crippen LogP contribution in [-0.4, -0.2) is 39.8 Å². The van der Waals surface area contributed by atoms with Gasteiger partial charge in [0.1, 0.15) is 0 Å². The van der Waals surface area contributed by atoms with E-state index in [9.17, 15) is 5.11 Å². The number of thioether (sulfide) groups is 2. The van der Waals surface area contributed by atoms with Crippen LogP contribution in [0.5, 0.6) is 0 Å². The Hall–Kier alpha value is -1.95. The second-order valence-corrected chi connectivity index (χ2v) is 8.59. The number of aliphatic hydroxyl groups is 1. The Kier molecular flexibility index (Phi) is 5.72. The van der Waals surface area contributed by atoms with Gasteiger partial charge in [-0.25, -0.2) is 0 Å². The van der Waals surface area contributed by atoms with E-state index in [4.69, 9.17) is 0 Å². The summed E-state index contributed by atoms with van der Waals surface area (Å²) in [6.07, 6.45) is 4.19. The summed E-state index contributed by atoms with van der Waals surface area (Å²) in [7, 11) is 0. The predicted molar refractivity (Wildman–Crippen MR) is 119 cm³/mol. The minimum Gasteiger partial charge on any atom is -0.364 e. The summed E-state index contributed by atoms with van der Waals surface area (Å²) >= 11 is 3.50. The van der Waals surface area contributed by atoms with E-state index < -0.39 is 5.72 Å². The second-order valence-electron chi connectivity index (χ2n) is 6.52. The van der Waals surface area contributed by atoms with Gasteiger partial charge in [-0.05, 0) is 34.4 Å². The van der Waals surface area contributed by atoms with Crippen LogP contribution >= 0.6 is 23.5 Å². The summed E-state index contributed by atoms with van der Waals surface area (Å²) < 4.78 is 0. The Morgan fingerprint density at radius 1 is 0.889 bits per heavy atom. The molecule has 0 bridgehead atoms. The van der Waals surface area contributed by atoms with Crippen molar-refractivity contribution in [1.29, 1.82) is 0 Å². The highest BCUT2D eigenvalue weighted by atomic mass is 32.2. The summed E-state index contributed by atoms with van der Waals surface area (Å²) in [5.41, 5.74) is 2.89. The SMILES string of the molecule is OC1(NC2=NCCS2)/C(=C/c2ccccc2)CSC/C1=C/c1ccccc1. The van der Waals surface area contributed by atoms with Crippen molar-refractivity contribution < 1.29 is 5.11 Å². The van der Waals surface area contributed by atoms with E-state index in [1.54, 1.807) is 11.8 Å². The molecule has 1 atom stereocenters. The van der Waals surface area contributed by atoms with Crippen molar-refractivity contribution in [3.05, 3.63) is 82.9 Å². The first-order valence-electron chi connectivity index (χ1n) is 9.02. The molecule has 1 fully saturated rings. The number of hydrogen-bond acceptors (Lipinski definition) is 5. The van der Waals surface area contributed by atoms with Crippen LogP contribution in [0.1, 0.15) is 11.1 Å². The number of nitrogens with one attached hydrogen (secondary N) is 1. The van der Waals surface area contributed by atoms with Crippen molar-refractivity contribution in [2.45, 2.75) is 5.72 Å². The van der Waals surface area contributed by atoms with Crippen LogP contribution in [0.4, 0.5) is 0 Å². The van der Waals surface area contributed by atoms with Crippen molar-refractivity contribution in [3.8, 4) is 0 Å². The minimum atomic E-state index is -1.22. The van der Waals surface area contributed by atoms with Crippen LogP contribution in [0.25, 0.3) is 12.2 Å². The lowest BCUT2D eigenvalue weighted by Gasteiger charge is -2.38. The van der Waals surface area contributed by atoms with E-state index >= 15 is 0 Å². The lowest BCUT2D eigenvalue weighted by atomic mass is 9.92. The number of aliphatic imine (C=N–C) groups is 1. The third-order valence-corrected chi connectivity index (χ3v) is 6.52. The normalized spacial score (nSPS) is 25.6. The van der Waals surface area contributed by atoms with Crippen LogP contribution in [-0.2, 0) is 0 Å². The van der Waals surface area contributed by atoms with Gasteiger partial charge < -0.3 is 10.4 Å². The molecule has 138 valence electrons. The average molecular weight is 395 g/mol. The highest BCUT2D eigenvalue weighted by molar-refractivity contribution is 8.14. The molecule has 1 unspecified atom stereocenters. The largest absolute Gasteiger partial charge is 0.364 e. The van der Waals surface area contributed by atoms with Crippen molar-refractivity contribution >= 4 is 40.8 Å². The van der Waals surface area contributed by atoms with Gasteiger partial charge in [0, 0.05) is 17.3 Å². The zero-order chi connectivity index (χ0) is 18.5. The Morgan fingerprint density at radius 3 is 1.93 bits per heavy atom. The fourth-order valence-corrected chi connectivity index (χ4v) is 5.11. The molecule has 4 rings (SSSR count). The van der Waals surface area contributed by atoms with E-state index in [1.807, 2.05) is 48.2 Å². The Morgan fingerprint density at radius 2 is 1.44 bits per heavy atom. The maximum atomic E-state index is 11.8. The minimum absolute atomic E-state index is 0.780. The molecule has 0 radical (unpaired) electrons. The van der Waals surface area contributed by atoms with Gasteiger partial charge in [-0.15, -0.1) is 0 Å². The van der Waals surface area contributed by atoms with E-state index in [2.05, 4.69) is 46.7 Å². The fourth-order valence-electron chi connectivity index (χ4n) is 3.21. The van der Waals surface area contributed by atoms with Gasteiger partial charge in [0.25, 0.3) is 0 Å². The molecular weight excluding hydrogens is 372 g/mol. The summed E-state index contributed by atoms with van der Waals surface area (Å²) in [6, 6.07) is 20.4. The van der Waals surface area contributed by atoms with E-state index in [1.165, 1.54) is 0 Å². The Balaban J connectivity index is 1.75. The van der Waals surface area contributed by atoms with Gasteiger partial charge in [0.2, 0.25) is 0 Å². The molecule has 2 aliphatic rings. The molecule has 3 nitrogen and oxygen atoms in total. The van der Waals surface area contributed by atoms with Crippen LogP contribution < -0.4 is 5.32 Å². The van der Waals surface area contributed by atoms with E-state index in [-0.39, 0.29) is 0 Å². The molecule has 0 aromatic heterocycles. The molecule has 5 heteroatoms. The summed E-state index contributed by atoms with van der Waals surface area (Å²) in [5.74, 6) is 2.52. The molecule has 27 heavy (non-hydrogen) atoms. The standard InChI is InChI=1S/C22H22N2OS2/c25-22(24-21-23-11-12-27-21)19(13-17-7-3-1-4-8-17)15-26-16-20(22)14-18-9-5-2-6-10-18/h1-10,13-14,25H,11-12,15-16H2,(H,23,24)/b19-13-,20-14+. The van der Waals surface area contributed by atoms with Crippen molar-refractivity contribution in [2.24, 2.45) is 4.99 Å². The maximum Gasteiger partial charge on any atom is 0.184 e. The Labute approximate surface area is 168 Å². The number of hydrogen-bond donors (Lipinski definition) is 2. The van der Waals surface area contributed by atoms with Gasteiger partial charge in [-0.3, -0.25) is 4.99 Å². The predicted octanol–water partition coefficient (Wildman–Crippen LogP) is 4.28. The topological polar surface area (TPSA) is 44.6 Å². The molecule has 2 aromatic carbocycles. The average Bonchev–Trinajstić information content (AvgIpc) is 3.20. The quantitative estimate of drug-likeness (QED) is 0.763. The van der Waals surface area contributed by atoms with Crippen LogP contribution in [0.2, 0.25) is 0 Å². The summed E-state index contributed by atoms with van der Waals surface area (Å²) in [6.45, 7) is 0.799. The van der Waals surface area contributed by atoms with Crippen molar-refractivity contribution in [2.75, 3.05) is 23.8 Å². The zero-order valence-electron chi connectivity index (χ0n) is 15.0. The number of amidine groups is 1. The molecule has 1 saturated heterocycles. The number of benzene rings is 2. The molecule has 2 N–H and O–H groups in total. The van der Waals surface area contributed by atoms with Gasteiger partial charge in [0.15, 0.2) is 10.9 Å². The fraction of sp³-hybridized carbons (Fsp3) is 0.227.